The molecule has 3 atom stereocenters. The average Bonchev–Trinajstić information content (AvgIpc) is 1.60. The van der Waals surface area contributed by atoms with Crippen molar-refractivity contribution < 1.29 is 93.7 Å². The van der Waals surface area contributed by atoms with E-state index in [0.717, 1.165) is 89.6 Å². The molecule has 0 radical (unpaired) electrons. The third-order valence-electron chi connectivity index (χ3n) is 20.9. The lowest BCUT2D eigenvalue weighted by Crippen LogP contribution is -2.43. The Kier molecular flexibility index (Phi) is 22.9. The number of benzene rings is 6. The van der Waals surface area contributed by atoms with Gasteiger partial charge in [0.1, 0.15) is 17.2 Å². The molecule has 0 bridgehead atoms. The molecule has 6 aliphatic rings. The van der Waals surface area contributed by atoms with Gasteiger partial charge in [-0.3, -0.25) is 14.4 Å². The summed E-state index contributed by atoms with van der Waals surface area (Å²) in [6, 6.07) is 34.5. The summed E-state index contributed by atoms with van der Waals surface area (Å²) < 4.78 is 103. The van der Waals surface area contributed by atoms with Gasteiger partial charge in [0.25, 0.3) is 11.8 Å². The summed E-state index contributed by atoms with van der Waals surface area (Å²) in [6.07, 6.45) is 6.48. The maximum absolute atomic E-state index is 12.8. The number of aliphatic hydroxyl groups is 2. The third-order valence-corrected chi connectivity index (χ3v) is 25.4. The van der Waals surface area contributed by atoms with Gasteiger partial charge in [-0.15, -0.1) is 0 Å². The SMILES string of the molecule is CC(C)(C)[Si](C)(C)OCCN1CC2(CCc3c(C(N)=NO)cccc32)CC1=O.O=C(O)c1ccc(OC(F)F)cc1.O=C1CC2(CCc3c(-c4noc(-c5ccc(OC(F)F)cc5)n4)cccc32)CN1CCO.O=C1CC2(CCc3c(-c4noc(-c5ccc(OC(F)F)cc5)n4)cccc32)CN1CCO. The molecule has 3 spiro atoms. The standard InChI is InChI=1S/2C23H21F2N3O4.C21H33N3O3Si.C8H6F2O3/c2*24-22(25)31-15-6-4-14(5-7-15)21-26-20(27-32-21)17-2-1-3-18-16(17)8-9-23(18)12-19(30)28(13-23)10-11-29;1-20(2,3)28(4,5)27-12-11-24-14-21(13-18(24)25)10-9-15-16(19(22)23-26)7-6-8-17(15)21;9-8(10)13-6-3-1-5(2-4-6)7(11)12/h2*1-7,22,29H,8-13H2;6-8,26H,9-14H2,1-5H3,(H2,22,23);1-4,8H,(H,11,12). The van der Waals surface area contributed by atoms with Crippen LogP contribution in [-0.4, -0.2) is 172 Å². The monoisotopic (exact) mass is 1470 g/mol. The Hall–Kier alpha value is -10.2. The van der Waals surface area contributed by atoms with Crippen molar-refractivity contribution >= 4 is 37.8 Å². The van der Waals surface area contributed by atoms with Gasteiger partial charge in [-0.2, -0.15) is 36.3 Å². The minimum atomic E-state index is -2.89. The molecule has 3 fully saturated rings. The number of carbonyl (C=O) groups is 4. The summed E-state index contributed by atoms with van der Waals surface area (Å²) in [4.78, 5) is 62.5. The fraction of sp³-hybridized carbons (Fsp3) is 0.400. The van der Waals surface area contributed by atoms with Crippen LogP contribution in [-0.2, 0) is 54.3 Å². The van der Waals surface area contributed by atoms with Gasteiger partial charge < -0.3 is 68.6 Å². The van der Waals surface area contributed by atoms with Gasteiger partial charge in [0.05, 0.1) is 25.4 Å². The number of aromatic nitrogens is 4. The van der Waals surface area contributed by atoms with Gasteiger partial charge in [-0.1, -0.05) is 90.8 Å². The van der Waals surface area contributed by atoms with Crippen LogP contribution in [0.4, 0.5) is 26.3 Å². The molecule has 105 heavy (non-hydrogen) atoms. The number of halogens is 6. The van der Waals surface area contributed by atoms with Crippen LogP contribution in [0.25, 0.3) is 45.7 Å². The van der Waals surface area contributed by atoms with Crippen LogP contribution in [0.15, 0.2) is 142 Å². The number of carbonyl (C=O) groups excluding carboxylic acids is 3. The molecule has 14 rings (SSSR count). The molecule has 3 saturated heterocycles. The van der Waals surface area contributed by atoms with Crippen molar-refractivity contribution in [2.45, 2.75) is 133 Å². The van der Waals surface area contributed by atoms with Crippen molar-refractivity contribution in [2.75, 3.05) is 59.1 Å². The number of nitrogens with two attached hydrogens (primary N) is 1. The van der Waals surface area contributed by atoms with Gasteiger partial charge in [0, 0.05) is 103 Å². The van der Waals surface area contributed by atoms with E-state index < -0.39 is 34.1 Å². The Balaban J connectivity index is 0.000000145. The Morgan fingerprint density at radius 2 is 0.943 bits per heavy atom. The van der Waals surface area contributed by atoms with Crippen molar-refractivity contribution in [1.82, 2.24) is 35.0 Å². The highest BCUT2D eigenvalue weighted by molar-refractivity contribution is 6.74. The Bertz CT molecular complexity index is 4280. The van der Waals surface area contributed by atoms with E-state index >= 15 is 0 Å². The van der Waals surface area contributed by atoms with Crippen LogP contribution < -0.4 is 19.9 Å². The first-order valence-electron chi connectivity index (χ1n) is 34.2. The molecule has 5 heterocycles. The van der Waals surface area contributed by atoms with E-state index in [9.17, 15) is 55.7 Å². The van der Waals surface area contributed by atoms with Crippen LogP contribution in [0, 0.1) is 0 Å². The molecule has 6 aromatic carbocycles. The molecule has 2 aromatic heterocycles. The average molecular weight is 1470 g/mol. The van der Waals surface area contributed by atoms with E-state index in [4.69, 9.17) is 29.5 Å². The fourth-order valence-corrected chi connectivity index (χ4v) is 15.8. The molecule has 6 N–H and O–H groups in total. The van der Waals surface area contributed by atoms with Gasteiger partial charge in [-0.25, -0.2) is 4.79 Å². The number of alkyl halides is 6. The van der Waals surface area contributed by atoms with Crippen molar-refractivity contribution in [3.63, 3.8) is 0 Å². The van der Waals surface area contributed by atoms with E-state index in [-0.39, 0.29) is 92.6 Å². The summed E-state index contributed by atoms with van der Waals surface area (Å²) in [6.45, 7) is 6.27. The zero-order chi connectivity index (χ0) is 75.2. The zero-order valence-electron chi connectivity index (χ0n) is 58.4. The largest absolute Gasteiger partial charge is 0.478 e. The Morgan fingerprint density at radius 1 is 0.571 bits per heavy atom. The number of fused-ring (bicyclic) bond motifs is 6. The molecule has 3 unspecified atom stereocenters. The third kappa shape index (κ3) is 16.7. The Morgan fingerprint density at radius 3 is 1.31 bits per heavy atom. The molecule has 23 nitrogen and oxygen atoms in total. The van der Waals surface area contributed by atoms with Crippen molar-refractivity contribution in [3.8, 4) is 62.9 Å². The fourth-order valence-electron chi connectivity index (χ4n) is 14.8. The molecule has 3 aliphatic heterocycles. The maximum Gasteiger partial charge on any atom is 0.387 e. The second-order valence-corrected chi connectivity index (χ2v) is 33.0. The topological polar surface area (TPSA) is 312 Å². The smallest absolute Gasteiger partial charge is 0.387 e. The number of carboxylic acid groups (broad SMARTS) is 1. The van der Waals surface area contributed by atoms with Gasteiger partial charge in [0.15, 0.2) is 14.2 Å². The summed E-state index contributed by atoms with van der Waals surface area (Å²) in [5.74, 6) is 0.848. The molecule has 3 aliphatic carbocycles. The first-order chi connectivity index (χ1) is 50.1. The highest BCUT2D eigenvalue weighted by Crippen LogP contribution is 2.51. The second-order valence-electron chi connectivity index (χ2n) is 28.2. The van der Waals surface area contributed by atoms with Crippen LogP contribution in [0.1, 0.15) is 109 Å². The first-order valence-corrected chi connectivity index (χ1v) is 37.1. The molecular weight excluding hydrogens is 1390 g/mol. The lowest BCUT2D eigenvalue weighted by molar-refractivity contribution is -0.128. The minimum Gasteiger partial charge on any atom is -0.478 e. The van der Waals surface area contributed by atoms with Crippen molar-refractivity contribution in [3.05, 3.63) is 172 Å². The number of amides is 3. The number of hydrogen-bond donors (Lipinski definition) is 5. The molecular formula is C75H81F6N9O14Si. The quantitative estimate of drug-likeness (QED) is 0.0118. The predicted molar refractivity (Wildman–Crippen MR) is 373 cm³/mol. The summed E-state index contributed by atoms with van der Waals surface area (Å²) in [5, 5.41) is 47.7. The van der Waals surface area contributed by atoms with E-state index in [1.165, 1.54) is 54.1 Å². The lowest BCUT2D eigenvalue weighted by atomic mass is 9.80. The molecule has 8 aromatic rings. The van der Waals surface area contributed by atoms with Crippen molar-refractivity contribution in [2.24, 2.45) is 10.9 Å². The number of aromatic carboxylic acids is 1. The van der Waals surface area contributed by atoms with Gasteiger partial charge in [-0.05, 0) is 163 Å². The molecule has 3 amide bonds. The number of β-amino-alcohol motifs (C(OH)–C–C–N with tert-alkyl or cyclic N) is 2. The number of carboxylic acids is 1. The number of likely N-dealkylation sites (tertiary alicyclic amines) is 3. The number of rotatable bonds is 20. The predicted octanol–water partition coefficient (Wildman–Crippen LogP) is 12.0. The van der Waals surface area contributed by atoms with E-state index in [0.29, 0.717) is 81.4 Å². The Labute approximate surface area is 601 Å². The zero-order valence-corrected chi connectivity index (χ0v) is 59.4. The number of oxime groups is 1. The van der Waals surface area contributed by atoms with E-state index in [1.807, 2.05) is 41.3 Å². The van der Waals surface area contributed by atoms with E-state index in [1.54, 1.807) is 34.1 Å². The first kappa shape index (κ1) is 76.0. The van der Waals surface area contributed by atoms with Crippen molar-refractivity contribution in [1.29, 1.82) is 0 Å². The van der Waals surface area contributed by atoms with Gasteiger partial charge in [0.2, 0.25) is 29.4 Å². The van der Waals surface area contributed by atoms with Crippen LogP contribution in [0.3, 0.4) is 0 Å². The maximum atomic E-state index is 12.8. The minimum absolute atomic E-state index is 0.0293. The second kappa shape index (κ2) is 31.7. The summed E-state index contributed by atoms with van der Waals surface area (Å²) >= 11 is 0. The van der Waals surface area contributed by atoms with Gasteiger partial charge >= 0.3 is 25.8 Å². The number of hydrogen-bond acceptors (Lipinski definition) is 18. The van der Waals surface area contributed by atoms with Crippen LogP contribution in [0.5, 0.6) is 17.2 Å². The normalized spacial score (nSPS) is 19.5. The molecule has 0 saturated carbocycles. The number of ether oxygens (including phenoxy) is 3. The summed E-state index contributed by atoms with van der Waals surface area (Å²) in [5.41, 5.74) is 15.7. The highest BCUT2D eigenvalue weighted by atomic mass is 28.4. The number of aliphatic hydroxyl groups excluding tert-OH is 2. The van der Waals surface area contributed by atoms with E-state index in [2.05, 4.69) is 91.7 Å². The number of amidine groups is 1. The summed E-state index contributed by atoms with van der Waals surface area (Å²) in [7, 11) is -1.81. The number of nitrogens with zero attached hydrogens (tertiary/aromatic N) is 8. The van der Waals surface area contributed by atoms with Crippen LogP contribution in [0.2, 0.25) is 18.1 Å². The highest BCUT2D eigenvalue weighted by Gasteiger charge is 2.51. The molecule has 556 valence electrons. The molecule has 30 heteroatoms. The lowest BCUT2D eigenvalue weighted by Gasteiger charge is -2.36. The van der Waals surface area contributed by atoms with Crippen LogP contribution >= 0.6 is 0 Å².